The molecule has 0 saturated heterocycles. The van der Waals surface area contributed by atoms with Gasteiger partial charge in [-0.25, -0.2) is 0 Å². The van der Waals surface area contributed by atoms with Gasteiger partial charge in [-0.3, -0.25) is 0 Å². The van der Waals surface area contributed by atoms with Gasteiger partial charge in [0.25, 0.3) is 0 Å². The summed E-state index contributed by atoms with van der Waals surface area (Å²) in [6.45, 7) is 6.04. The maximum atomic E-state index is 4.14. The summed E-state index contributed by atoms with van der Waals surface area (Å²) < 4.78 is 0. The summed E-state index contributed by atoms with van der Waals surface area (Å²) in [5.41, 5.74) is 5.93. The summed E-state index contributed by atoms with van der Waals surface area (Å²) in [4.78, 5) is 0. The van der Waals surface area contributed by atoms with Crippen molar-refractivity contribution in [1.82, 2.24) is 15.4 Å². The molecule has 1 N–H and O–H groups in total. The Morgan fingerprint density at radius 2 is 1.53 bits per heavy atom. The van der Waals surface area contributed by atoms with E-state index in [9.17, 15) is 0 Å². The maximum Gasteiger partial charge on any atom is 0.118 e. The second-order valence-electron chi connectivity index (χ2n) is 3.54. The fourth-order valence-electron chi connectivity index (χ4n) is 1.75. The van der Waals surface area contributed by atoms with E-state index < -0.39 is 0 Å². The summed E-state index contributed by atoms with van der Waals surface area (Å²) in [5.74, 6) is 0. The zero-order valence-electron chi connectivity index (χ0n) is 9.29. The molecule has 78 valence electrons. The number of aromatic amines is 1. The number of aryl methyl sites for hydroxylation is 2. The van der Waals surface area contributed by atoms with Gasteiger partial charge in [-0.2, -0.15) is 25.6 Å². The summed E-state index contributed by atoms with van der Waals surface area (Å²) in [5, 5.41) is 18.9. The minimum Gasteiger partial charge on any atom is -0.197 e. The SMILES string of the molecule is CN=Nc1c(C)c(C)c2n[nH]nc2c1C. The molecule has 1 heterocycles. The molecule has 0 amide bonds. The van der Waals surface area contributed by atoms with E-state index in [0.29, 0.717) is 0 Å². The van der Waals surface area contributed by atoms with Crippen molar-refractivity contribution in [3.05, 3.63) is 16.7 Å². The van der Waals surface area contributed by atoms with Gasteiger partial charge in [0.15, 0.2) is 0 Å². The van der Waals surface area contributed by atoms with Crippen LogP contribution in [0, 0.1) is 20.8 Å². The van der Waals surface area contributed by atoms with E-state index >= 15 is 0 Å². The molecule has 0 spiro atoms. The maximum absolute atomic E-state index is 4.14. The molecule has 2 rings (SSSR count). The van der Waals surface area contributed by atoms with E-state index in [4.69, 9.17) is 0 Å². The fraction of sp³-hybridized carbons (Fsp3) is 0.400. The third-order valence-electron chi connectivity index (χ3n) is 2.73. The number of rotatable bonds is 1. The van der Waals surface area contributed by atoms with Gasteiger partial charge in [0, 0.05) is 12.6 Å². The van der Waals surface area contributed by atoms with Crippen LogP contribution in [0.25, 0.3) is 11.0 Å². The van der Waals surface area contributed by atoms with Gasteiger partial charge in [0.1, 0.15) is 11.0 Å². The van der Waals surface area contributed by atoms with Gasteiger partial charge in [-0.1, -0.05) is 0 Å². The van der Waals surface area contributed by atoms with Crippen LogP contribution in [0.2, 0.25) is 0 Å². The summed E-state index contributed by atoms with van der Waals surface area (Å²) in [6, 6.07) is 0. The first kappa shape index (κ1) is 9.76. The van der Waals surface area contributed by atoms with E-state index in [0.717, 1.165) is 33.4 Å². The van der Waals surface area contributed by atoms with Gasteiger partial charge in [-0.15, -0.1) is 0 Å². The third-order valence-corrected chi connectivity index (χ3v) is 2.73. The normalized spacial score (nSPS) is 11.7. The van der Waals surface area contributed by atoms with Crippen molar-refractivity contribution in [3.63, 3.8) is 0 Å². The molecule has 1 aromatic carbocycles. The molecule has 0 unspecified atom stereocenters. The van der Waals surface area contributed by atoms with Crippen LogP contribution in [0.3, 0.4) is 0 Å². The lowest BCUT2D eigenvalue weighted by Gasteiger charge is -2.07. The lowest BCUT2D eigenvalue weighted by atomic mass is 10.0. The average molecular weight is 203 g/mol. The minimum atomic E-state index is 0.875. The molecule has 0 aliphatic carbocycles. The number of nitrogens with zero attached hydrogens (tertiary/aromatic N) is 4. The van der Waals surface area contributed by atoms with Gasteiger partial charge in [0.05, 0.1) is 5.69 Å². The Morgan fingerprint density at radius 3 is 2.13 bits per heavy atom. The quantitative estimate of drug-likeness (QED) is 0.724. The molecule has 0 radical (unpaired) electrons. The Balaban J connectivity index is 2.91. The van der Waals surface area contributed by atoms with Crippen LogP contribution in [-0.2, 0) is 0 Å². The molecular formula is C10H13N5. The number of benzene rings is 1. The zero-order chi connectivity index (χ0) is 11.0. The lowest BCUT2D eigenvalue weighted by Crippen LogP contribution is -1.89. The predicted octanol–water partition coefficient (Wildman–Crippen LogP) is 2.60. The predicted molar refractivity (Wildman–Crippen MR) is 58.5 cm³/mol. The van der Waals surface area contributed by atoms with E-state index in [-0.39, 0.29) is 0 Å². The van der Waals surface area contributed by atoms with Gasteiger partial charge >= 0.3 is 0 Å². The topological polar surface area (TPSA) is 66.3 Å². The van der Waals surface area contributed by atoms with Crippen LogP contribution < -0.4 is 0 Å². The summed E-state index contributed by atoms with van der Waals surface area (Å²) in [7, 11) is 1.67. The molecule has 1 aromatic heterocycles. The number of aromatic nitrogens is 3. The Hall–Kier alpha value is -1.78. The fourth-order valence-corrected chi connectivity index (χ4v) is 1.75. The van der Waals surface area contributed by atoms with E-state index in [2.05, 4.69) is 25.6 Å². The van der Waals surface area contributed by atoms with Crippen molar-refractivity contribution in [2.45, 2.75) is 20.8 Å². The van der Waals surface area contributed by atoms with Crippen molar-refractivity contribution in [2.75, 3.05) is 7.05 Å². The molecule has 0 atom stereocenters. The largest absolute Gasteiger partial charge is 0.197 e. The van der Waals surface area contributed by atoms with Crippen LogP contribution in [0.4, 0.5) is 5.69 Å². The van der Waals surface area contributed by atoms with Crippen molar-refractivity contribution >= 4 is 16.7 Å². The molecule has 5 heteroatoms. The summed E-state index contributed by atoms with van der Waals surface area (Å²) in [6.07, 6.45) is 0. The highest BCUT2D eigenvalue weighted by atomic mass is 15.3. The Morgan fingerprint density at radius 1 is 0.933 bits per heavy atom. The molecule has 0 aliphatic heterocycles. The van der Waals surface area contributed by atoms with Crippen molar-refractivity contribution in [2.24, 2.45) is 10.2 Å². The lowest BCUT2D eigenvalue weighted by molar-refractivity contribution is 0.957. The molecular weight excluding hydrogens is 190 g/mol. The van der Waals surface area contributed by atoms with E-state index in [1.807, 2.05) is 20.8 Å². The van der Waals surface area contributed by atoms with Gasteiger partial charge < -0.3 is 0 Å². The molecule has 0 saturated carbocycles. The number of fused-ring (bicyclic) bond motifs is 1. The van der Waals surface area contributed by atoms with Crippen molar-refractivity contribution in [1.29, 1.82) is 0 Å². The molecule has 2 aromatic rings. The highest BCUT2D eigenvalue weighted by Gasteiger charge is 2.14. The Labute approximate surface area is 87.6 Å². The molecule has 0 aliphatic rings. The molecule has 5 nitrogen and oxygen atoms in total. The molecule has 15 heavy (non-hydrogen) atoms. The van der Waals surface area contributed by atoms with Crippen LogP contribution in [0.5, 0.6) is 0 Å². The zero-order valence-corrected chi connectivity index (χ0v) is 9.29. The number of hydrogen-bond donors (Lipinski definition) is 1. The van der Waals surface area contributed by atoms with Gasteiger partial charge in [-0.05, 0) is 31.9 Å². The minimum absolute atomic E-state index is 0.875. The van der Waals surface area contributed by atoms with Gasteiger partial charge in [0.2, 0.25) is 0 Å². The Bertz CT molecular complexity index is 538. The first-order valence-electron chi connectivity index (χ1n) is 4.77. The summed E-state index contributed by atoms with van der Waals surface area (Å²) >= 11 is 0. The number of nitrogens with one attached hydrogen (secondary N) is 1. The highest BCUT2D eigenvalue weighted by molar-refractivity contribution is 5.87. The van der Waals surface area contributed by atoms with Crippen molar-refractivity contribution in [3.8, 4) is 0 Å². The average Bonchev–Trinajstić information content (AvgIpc) is 2.70. The van der Waals surface area contributed by atoms with Crippen LogP contribution >= 0.6 is 0 Å². The number of H-pyrrole nitrogens is 1. The van der Waals surface area contributed by atoms with Crippen LogP contribution in [0.15, 0.2) is 10.2 Å². The standard InChI is InChI=1S/C10H13N5/c1-5-6(2)9-10(14-15-13-9)7(3)8(5)12-11-4/h1-4H3,(H,13,14,15). The van der Waals surface area contributed by atoms with E-state index in [1.165, 1.54) is 0 Å². The number of hydrogen-bond acceptors (Lipinski definition) is 4. The highest BCUT2D eigenvalue weighted by Crippen LogP contribution is 2.32. The number of azo groups is 1. The van der Waals surface area contributed by atoms with Crippen LogP contribution in [0.1, 0.15) is 16.7 Å². The van der Waals surface area contributed by atoms with E-state index in [1.54, 1.807) is 7.05 Å². The monoisotopic (exact) mass is 203 g/mol. The first-order chi connectivity index (χ1) is 7.16. The second-order valence-corrected chi connectivity index (χ2v) is 3.54. The molecule has 0 bridgehead atoms. The second kappa shape index (κ2) is 3.42. The third kappa shape index (κ3) is 1.31. The van der Waals surface area contributed by atoms with Crippen molar-refractivity contribution < 1.29 is 0 Å². The molecule has 0 fully saturated rings. The Kier molecular flexibility index (Phi) is 2.22. The van der Waals surface area contributed by atoms with Crippen LogP contribution in [-0.4, -0.2) is 22.5 Å². The smallest absolute Gasteiger partial charge is 0.118 e. The first-order valence-corrected chi connectivity index (χ1v) is 4.77.